The van der Waals surface area contributed by atoms with E-state index >= 15 is 0 Å². The molecule has 0 radical (unpaired) electrons. The first-order valence-electron chi connectivity index (χ1n) is 2.61. The molecule has 0 N–H and O–H groups in total. The van der Waals surface area contributed by atoms with Gasteiger partial charge in [0.05, 0.1) is 0 Å². The summed E-state index contributed by atoms with van der Waals surface area (Å²) in [5.41, 5.74) is 0. The van der Waals surface area contributed by atoms with E-state index in [4.69, 9.17) is 0 Å². The average molecular weight is 399 g/mol. The van der Waals surface area contributed by atoms with E-state index in [1.54, 1.807) is 12.1 Å². The monoisotopic (exact) mass is 399 g/mol. The summed E-state index contributed by atoms with van der Waals surface area (Å²) in [5.74, 6) is 0.0301. The molecule has 0 amide bonds. The molecule has 1 rings (SSSR count). The van der Waals surface area contributed by atoms with Gasteiger partial charge in [-0.1, -0.05) is 0 Å². The van der Waals surface area contributed by atoms with Crippen molar-refractivity contribution in [1.29, 1.82) is 0 Å². The Morgan fingerprint density at radius 3 is 2.55 bits per heavy atom. The minimum Gasteiger partial charge on any atom is -0.618 e. The number of halogens is 2. The molecule has 0 aromatic heterocycles. The van der Waals surface area contributed by atoms with E-state index in [-0.39, 0.29) is 5.75 Å². The van der Waals surface area contributed by atoms with Gasteiger partial charge in [0.15, 0.2) is 6.61 Å². The molecule has 0 bridgehead atoms. The second-order valence-electron chi connectivity index (χ2n) is 1.55. The summed E-state index contributed by atoms with van der Waals surface area (Å²) in [6.07, 6.45) is 0. The normalized spacial score (nSPS) is 9.00. The molecule has 0 unspecified atom stereocenters. The molecule has 1 nitrogen and oxygen atoms in total. The second-order valence-corrected chi connectivity index (χ2v) is 1.55. The Balaban J connectivity index is 0.000001000. The van der Waals surface area contributed by atoms with Gasteiger partial charge in [0, 0.05) is 0 Å². The average Bonchev–Trinajstić information content (AvgIpc) is 1.88. The Hall–Kier alpha value is -2.12. The van der Waals surface area contributed by atoms with Crippen molar-refractivity contribution in [2.24, 2.45) is 0 Å². The van der Waals surface area contributed by atoms with E-state index < -0.39 is 6.61 Å². The standard InChI is InChI=1S/C7H4F2O.Fm/c8-7(9)10-6-4-2-1-3-5-6;/h1-4H;/q-2;. The van der Waals surface area contributed by atoms with Gasteiger partial charge in [0.1, 0.15) is 0 Å². The second kappa shape index (κ2) is 3.82. The molecule has 0 aliphatic heterocycles. The summed E-state index contributed by atoms with van der Waals surface area (Å²) in [7, 11) is 0. The fourth-order valence-corrected chi connectivity index (χ4v) is 0.523. The van der Waals surface area contributed by atoms with E-state index in [2.05, 4.69) is 10.8 Å². The van der Waals surface area contributed by atoms with Crippen LogP contribution >= 0.6 is 0 Å². The van der Waals surface area contributed by atoms with Crippen LogP contribution in [0.2, 0.25) is 0 Å². The first-order chi connectivity index (χ1) is 4.79. The van der Waals surface area contributed by atoms with Crippen molar-refractivity contribution in [3.8, 4) is 5.75 Å². The van der Waals surface area contributed by atoms with Crippen LogP contribution in [-0.2, 0) is 0 Å². The molecule has 66 valence electrons. The molecule has 11 heavy (non-hydrogen) atoms. The summed E-state index contributed by atoms with van der Waals surface area (Å²) >= 11 is 0. The first-order valence-corrected chi connectivity index (χ1v) is 2.61. The smallest absolute Gasteiger partial charge is 0.165 e. The van der Waals surface area contributed by atoms with Gasteiger partial charge in [0.2, 0.25) is 0 Å². The summed E-state index contributed by atoms with van der Waals surface area (Å²) in [6.45, 7) is -2.07. The first kappa shape index (κ1) is 8.88. The maximum atomic E-state index is 11.4. The van der Waals surface area contributed by atoms with Crippen molar-refractivity contribution >= 4 is 0 Å². The van der Waals surface area contributed by atoms with Crippen LogP contribution in [0.3, 0.4) is 0 Å². The van der Waals surface area contributed by atoms with Crippen molar-refractivity contribution in [3.63, 3.8) is 0 Å². The Bertz CT molecular complexity index is 191. The van der Waals surface area contributed by atoms with Crippen molar-refractivity contribution in [2.75, 3.05) is 0 Å². The van der Waals surface area contributed by atoms with Gasteiger partial charge in [-0.2, -0.15) is 18.2 Å². The number of hydrogen-bond donors (Lipinski definition) is 0. The Labute approximate surface area is 57.2 Å². The largest absolute Gasteiger partial charge is 0.618 e. The topological polar surface area (TPSA) is 9.23 Å². The number of para-hydroxylation sites is 1. The predicted octanol–water partition coefficient (Wildman–Crippen LogP) is 2.25. The van der Waals surface area contributed by atoms with E-state index in [0.29, 0.717) is 0 Å². The van der Waals surface area contributed by atoms with Gasteiger partial charge < -0.3 is 13.5 Å². The fourth-order valence-electron chi connectivity index (χ4n) is 0.523. The summed E-state index contributed by atoms with van der Waals surface area (Å²) < 4.78 is 26.7. The van der Waals surface area contributed by atoms with Crippen molar-refractivity contribution in [2.45, 2.75) is 0 Å². The van der Waals surface area contributed by atoms with E-state index in [9.17, 15) is 8.78 Å². The molecule has 4 heteroatoms. The van der Waals surface area contributed by atoms with Crippen LogP contribution in [0.4, 0.5) is 8.78 Å². The molecule has 1 aromatic carbocycles. The van der Waals surface area contributed by atoms with Gasteiger partial charge in [-0.3, -0.25) is 0 Å². The van der Waals surface area contributed by atoms with Gasteiger partial charge in [-0.05, 0) is 5.75 Å². The molecule has 1 aromatic rings. The molecule has 0 spiro atoms. The minimum absolute atomic E-state index is 0. The zero-order chi connectivity index (χ0) is 7.40. The van der Waals surface area contributed by atoms with Crippen LogP contribution in [0, 0.1) is 12.7 Å². The van der Waals surface area contributed by atoms with Crippen LogP contribution in [0.1, 0.15) is 0 Å². The quantitative estimate of drug-likeness (QED) is 0.694. The van der Waals surface area contributed by atoms with Crippen LogP contribution in [-0.4, -0.2) is 0 Å². The number of ether oxygens (including phenoxy) is 1. The molecule has 0 saturated carbocycles. The maximum absolute atomic E-state index is 11.4. The van der Waals surface area contributed by atoms with Crippen LogP contribution < -0.4 is 4.74 Å². The Kier molecular flexibility index (Phi) is 3.08. The number of hydrogen-bond acceptors (Lipinski definition) is 1. The zero-order valence-corrected chi connectivity index (χ0v) is 7.67. The maximum Gasteiger partial charge on any atom is 0.165 e. The number of rotatable bonds is 2. The fraction of sp³-hybridized carbons (Fsp3) is 0. The van der Waals surface area contributed by atoms with E-state index in [1.165, 1.54) is 12.1 Å². The molecule has 0 saturated heterocycles. The third kappa shape index (κ3) is 2.79. The third-order valence-corrected chi connectivity index (χ3v) is 0.868. The van der Waals surface area contributed by atoms with E-state index in [0.717, 1.165) is 0 Å². The van der Waals surface area contributed by atoms with Gasteiger partial charge in [-0.15, -0.1) is 12.1 Å². The van der Waals surface area contributed by atoms with Crippen LogP contribution in [0.5, 0.6) is 5.75 Å². The summed E-state index contributed by atoms with van der Waals surface area (Å²) in [5, 5.41) is 0. The van der Waals surface area contributed by atoms with Crippen molar-refractivity contribution in [1.82, 2.24) is 0 Å². The zero-order valence-electron chi connectivity index (χ0n) is 5.26. The van der Waals surface area contributed by atoms with E-state index in [1.807, 2.05) is 0 Å². The number of benzene rings is 1. The minimum atomic E-state index is -2.07. The Morgan fingerprint density at radius 2 is 2.09 bits per heavy atom. The third-order valence-electron chi connectivity index (χ3n) is 0.868. The summed E-state index contributed by atoms with van der Waals surface area (Å²) in [6, 6.07) is 8.64. The molecule has 0 atom stereocenters. The van der Waals surface area contributed by atoms with Gasteiger partial charge in [-0.25, -0.2) is 0 Å². The molecule has 0 fully saturated rings. The van der Waals surface area contributed by atoms with Crippen molar-refractivity contribution in [3.05, 3.63) is 36.9 Å². The van der Waals surface area contributed by atoms with Crippen molar-refractivity contribution < 1.29 is 13.5 Å². The Morgan fingerprint density at radius 1 is 1.36 bits per heavy atom. The van der Waals surface area contributed by atoms with Crippen LogP contribution in [0.25, 0.3) is 0 Å². The summed E-state index contributed by atoms with van der Waals surface area (Å²) in [4.78, 5) is 0. The molecule has 0 heterocycles. The van der Waals surface area contributed by atoms with Crippen LogP contribution in [0.15, 0.2) is 24.3 Å². The molecular weight excluding hydrogens is 395 g/mol. The molecule has 0 aliphatic rings. The SMILES string of the molecule is F[C-](F)Oc1[c-]cccc1.[Fm]. The van der Waals surface area contributed by atoms with Gasteiger partial charge in [0.25, 0.3) is 0 Å². The molecular formula is C7H4F2FmO-2. The van der Waals surface area contributed by atoms with Gasteiger partial charge >= 0.3 is 0 Å². The predicted molar refractivity (Wildman–Crippen MR) is 31.4 cm³/mol. The molecule has 0 aliphatic carbocycles.